The number of hydrogen-bond acceptors (Lipinski definition) is 3. The molecule has 0 saturated carbocycles. The maximum atomic E-state index is 11.1. The number of H-pyrrole nitrogens is 2. The third-order valence-electron chi connectivity index (χ3n) is 3.16. The van der Waals surface area contributed by atoms with E-state index in [4.69, 9.17) is 0 Å². The van der Waals surface area contributed by atoms with Crippen molar-refractivity contribution < 1.29 is 5.11 Å². The predicted octanol–water partition coefficient (Wildman–Crippen LogP) is 2.23. The summed E-state index contributed by atoms with van der Waals surface area (Å²) >= 11 is 0. The quantitative estimate of drug-likeness (QED) is 0.769. The van der Waals surface area contributed by atoms with Gasteiger partial charge in [0.1, 0.15) is 5.69 Å². The summed E-state index contributed by atoms with van der Waals surface area (Å²) in [4.78, 5) is 20.2. The molecule has 5 nitrogen and oxygen atoms in total. The Bertz CT molecular complexity index is 750. The van der Waals surface area contributed by atoms with Crippen LogP contribution in [0.5, 0.6) is 5.88 Å². The molecule has 2 aromatic rings. The number of aromatic amines is 2. The Morgan fingerprint density at radius 1 is 1.37 bits per heavy atom. The summed E-state index contributed by atoms with van der Waals surface area (Å²) in [6, 6.07) is 6.11. The van der Waals surface area contributed by atoms with E-state index in [2.05, 4.69) is 34.0 Å². The minimum Gasteiger partial charge on any atom is -0.493 e. The van der Waals surface area contributed by atoms with Gasteiger partial charge in [-0.2, -0.15) is 0 Å². The molecule has 1 aliphatic rings. The molecule has 96 valence electrons. The van der Waals surface area contributed by atoms with E-state index in [9.17, 15) is 9.90 Å². The molecular formula is C14H13N3O2. The van der Waals surface area contributed by atoms with Gasteiger partial charge < -0.3 is 10.1 Å². The molecule has 0 amide bonds. The number of benzene rings is 1. The zero-order chi connectivity index (χ0) is 13.4. The van der Waals surface area contributed by atoms with Crippen molar-refractivity contribution in [3.8, 4) is 5.88 Å². The molecule has 0 spiro atoms. The van der Waals surface area contributed by atoms with Crippen LogP contribution >= 0.6 is 0 Å². The molecule has 0 fully saturated rings. The van der Waals surface area contributed by atoms with Crippen molar-refractivity contribution in [2.45, 2.75) is 13.3 Å². The molecule has 0 bridgehead atoms. The van der Waals surface area contributed by atoms with Gasteiger partial charge in [-0.1, -0.05) is 13.0 Å². The molecule has 5 heteroatoms. The van der Waals surface area contributed by atoms with Gasteiger partial charge in [0.15, 0.2) is 0 Å². The van der Waals surface area contributed by atoms with Gasteiger partial charge in [-0.25, -0.2) is 4.79 Å². The second-order valence-electron chi connectivity index (χ2n) is 4.40. The van der Waals surface area contributed by atoms with Crippen LogP contribution in [0.2, 0.25) is 0 Å². The largest absolute Gasteiger partial charge is 0.493 e. The van der Waals surface area contributed by atoms with Gasteiger partial charge in [0.05, 0.1) is 5.69 Å². The number of fused-ring (bicyclic) bond motifs is 1. The SMILES string of the molecule is CCc1ccc2c(c1)/C(=C/c1[nH]c(=O)[nH]c1O)C=N2. The minimum absolute atomic E-state index is 0.161. The van der Waals surface area contributed by atoms with Gasteiger partial charge in [-0.05, 0) is 30.2 Å². The van der Waals surface area contributed by atoms with Crippen LogP contribution in [0.1, 0.15) is 23.7 Å². The van der Waals surface area contributed by atoms with E-state index < -0.39 is 5.69 Å². The van der Waals surface area contributed by atoms with E-state index in [-0.39, 0.29) is 5.88 Å². The molecule has 1 aromatic carbocycles. The van der Waals surface area contributed by atoms with Crippen LogP contribution in [0, 0.1) is 0 Å². The number of allylic oxidation sites excluding steroid dienone is 1. The van der Waals surface area contributed by atoms with Crippen LogP contribution in [0.15, 0.2) is 28.0 Å². The molecule has 1 aromatic heterocycles. The second-order valence-corrected chi connectivity index (χ2v) is 4.40. The molecule has 0 aliphatic carbocycles. The number of rotatable bonds is 2. The van der Waals surface area contributed by atoms with Crippen molar-refractivity contribution in [2.24, 2.45) is 4.99 Å². The Morgan fingerprint density at radius 2 is 2.21 bits per heavy atom. The predicted molar refractivity (Wildman–Crippen MR) is 74.9 cm³/mol. The first-order valence-corrected chi connectivity index (χ1v) is 6.07. The smallest absolute Gasteiger partial charge is 0.326 e. The van der Waals surface area contributed by atoms with Crippen molar-refractivity contribution >= 4 is 23.6 Å². The molecule has 3 N–H and O–H groups in total. The summed E-state index contributed by atoms with van der Waals surface area (Å²) in [5.74, 6) is -0.161. The highest BCUT2D eigenvalue weighted by Gasteiger charge is 2.14. The standard InChI is InChI=1S/C14H13N3O2/c1-2-8-3-4-11-10(5-8)9(7-15-11)6-12-13(18)17-14(19)16-12/h3-7,18H,2H2,1H3,(H2,16,17,19)/b9-6+. The first kappa shape index (κ1) is 11.5. The van der Waals surface area contributed by atoms with Crippen molar-refractivity contribution in [3.63, 3.8) is 0 Å². The lowest BCUT2D eigenvalue weighted by Gasteiger charge is -2.02. The fourth-order valence-electron chi connectivity index (χ4n) is 2.12. The van der Waals surface area contributed by atoms with Crippen LogP contribution in [0.3, 0.4) is 0 Å². The summed E-state index contributed by atoms with van der Waals surface area (Å²) in [6.45, 7) is 2.09. The Kier molecular flexibility index (Phi) is 2.59. The molecular weight excluding hydrogens is 242 g/mol. The zero-order valence-electron chi connectivity index (χ0n) is 10.4. The average Bonchev–Trinajstić information content (AvgIpc) is 2.93. The van der Waals surface area contributed by atoms with Gasteiger partial charge >= 0.3 is 5.69 Å². The maximum Gasteiger partial charge on any atom is 0.326 e. The molecule has 0 radical (unpaired) electrons. The molecule has 1 aliphatic heterocycles. The second kappa shape index (κ2) is 4.28. The number of aliphatic imine (C=N–C) groups is 1. The molecule has 19 heavy (non-hydrogen) atoms. The summed E-state index contributed by atoms with van der Waals surface area (Å²) in [7, 11) is 0. The third-order valence-corrected chi connectivity index (χ3v) is 3.16. The maximum absolute atomic E-state index is 11.1. The number of nitrogens with zero attached hydrogens (tertiary/aromatic N) is 1. The van der Waals surface area contributed by atoms with Crippen LogP contribution in [0.4, 0.5) is 5.69 Å². The first-order chi connectivity index (χ1) is 9.17. The normalized spacial score (nSPS) is 15.1. The van der Waals surface area contributed by atoms with Crippen molar-refractivity contribution in [1.82, 2.24) is 9.97 Å². The van der Waals surface area contributed by atoms with E-state index in [0.717, 1.165) is 23.2 Å². The number of aryl methyl sites for hydroxylation is 1. The fraction of sp³-hybridized carbons (Fsp3) is 0.143. The van der Waals surface area contributed by atoms with Gasteiger partial charge in [0, 0.05) is 17.4 Å². The van der Waals surface area contributed by atoms with Gasteiger partial charge in [-0.15, -0.1) is 0 Å². The average molecular weight is 255 g/mol. The van der Waals surface area contributed by atoms with Gasteiger partial charge in [-0.3, -0.25) is 9.98 Å². The van der Waals surface area contributed by atoms with E-state index >= 15 is 0 Å². The Balaban J connectivity index is 2.08. The van der Waals surface area contributed by atoms with Crippen LogP contribution in [-0.2, 0) is 6.42 Å². The molecule has 2 heterocycles. The van der Waals surface area contributed by atoms with Crippen LogP contribution in [0.25, 0.3) is 11.6 Å². The van der Waals surface area contributed by atoms with Crippen LogP contribution < -0.4 is 5.69 Å². The number of imidazole rings is 1. The number of hydrogen-bond donors (Lipinski definition) is 3. The Morgan fingerprint density at radius 3 is 2.89 bits per heavy atom. The van der Waals surface area contributed by atoms with E-state index in [1.807, 2.05) is 6.07 Å². The Hall–Kier alpha value is -2.56. The van der Waals surface area contributed by atoms with E-state index in [1.165, 1.54) is 5.56 Å². The van der Waals surface area contributed by atoms with Crippen molar-refractivity contribution in [2.75, 3.05) is 0 Å². The van der Waals surface area contributed by atoms with Crippen molar-refractivity contribution in [1.29, 1.82) is 0 Å². The minimum atomic E-state index is -0.429. The molecule has 3 rings (SSSR count). The monoisotopic (exact) mass is 255 g/mol. The molecule has 0 unspecified atom stereocenters. The highest BCUT2D eigenvalue weighted by Crippen LogP contribution is 2.33. The summed E-state index contributed by atoms with van der Waals surface area (Å²) in [5.41, 5.74) is 3.95. The van der Waals surface area contributed by atoms with Gasteiger partial charge in [0.25, 0.3) is 0 Å². The fourth-order valence-corrected chi connectivity index (χ4v) is 2.12. The summed E-state index contributed by atoms with van der Waals surface area (Å²) < 4.78 is 0. The van der Waals surface area contributed by atoms with E-state index in [0.29, 0.717) is 5.69 Å². The topological polar surface area (TPSA) is 81.2 Å². The van der Waals surface area contributed by atoms with E-state index in [1.54, 1.807) is 12.3 Å². The lowest BCUT2D eigenvalue weighted by atomic mass is 10.0. The molecule has 0 atom stereocenters. The summed E-state index contributed by atoms with van der Waals surface area (Å²) in [5, 5.41) is 9.56. The summed E-state index contributed by atoms with van der Waals surface area (Å²) in [6.07, 6.45) is 4.39. The number of aromatic hydroxyl groups is 1. The molecule has 0 saturated heterocycles. The third kappa shape index (κ3) is 1.99. The lowest BCUT2D eigenvalue weighted by Crippen LogP contribution is -2.00. The number of aromatic nitrogens is 2. The van der Waals surface area contributed by atoms with Crippen molar-refractivity contribution in [3.05, 3.63) is 45.5 Å². The Labute approximate surface area is 109 Å². The number of nitrogens with one attached hydrogen (secondary N) is 2. The van der Waals surface area contributed by atoms with Gasteiger partial charge in [0.2, 0.25) is 5.88 Å². The first-order valence-electron chi connectivity index (χ1n) is 6.07. The highest BCUT2D eigenvalue weighted by molar-refractivity contribution is 6.21. The zero-order valence-corrected chi connectivity index (χ0v) is 10.4. The van der Waals surface area contributed by atoms with Crippen LogP contribution in [-0.4, -0.2) is 21.3 Å². The highest BCUT2D eigenvalue weighted by atomic mass is 16.3. The lowest BCUT2D eigenvalue weighted by molar-refractivity contribution is 0.454.